The van der Waals surface area contributed by atoms with Gasteiger partial charge in [0.25, 0.3) is 0 Å². The highest BCUT2D eigenvalue weighted by Gasteiger charge is 2.09. The van der Waals surface area contributed by atoms with E-state index in [9.17, 15) is 0 Å². The molecule has 0 aromatic heterocycles. The lowest BCUT2D eigenvalue weighted by molar-refractivity contribution is 0.480. The van der Waals surface area contributed by atoms with E-state index in [1.807, 2.05) is 18.2 Å². The fourth-order valence-corrected chi connectivity index (χ4v) is 2.04. The van der Waals surface area contributed by atoms with Crippen LogP contribution in [0.1, 0.15) is 30.9 Å². The predicted molar refractivity (Wildman–Crippen MR) is 83.1 cm³/mol. The van der Waals surface area contributed by atoms with E-state index in [0.29, 0.717) is 22.3 Å². The van der Waals surface area contributed by atoms with Crippen LogP contribution in [-0.4, -0.2) is 5.84 Å². The van der Waals surface area contributed by atoms with Crippen LogP contribution in [0.5, 0.6) is 11.5 Å². The molecule has 0 atom stereocenters. The summed E-state index contributed by atoms with van der Waals surface area (Å²) in [6, 6.07) is 13.0. The number of benzene rings is 2. The summed E-state index contributed by atoms with van der Waals surface area (Å²) in [5, 5.41) is 8.11. The summed E-state index contributed by atoms with van der Waals surface area (Å²) in [6.07, 6.45) is 0. The molecule has 0 bridgehead atoms. The van der Waals surface area contributed by atoms with Gasteiger partial charge in [-0.05, 0) is 41.8 Å². The Balaban J connectivity index is 2.35. The van der Waals surface area contributed by atoms with E-state index < -0.39 is 0 Å². The predicted octanol–water partition coefficient (Wildman–Crippen LogP) is 4.54. The van der Waals surface area contributed by atoms with Crippen molar-refractivity contribution in [1.29, 1.82) is 5.41 Å². The van der Waals surface area contributed by atoms with E-state index in [-0.39, 0.29) is 5.84 Å². The lowest BCUT2D eigenvalue weighted by atomic mass is 10.0. The average molecular weight is 289 g/mol. The van der Waals surface area contributed by atoms with Crippen molar-refractivity contribution in [2.45, 2.75) is 19.8 Å². The van der Waals surface area contributed by atoms with Crippen LogP contribution in [0.3, 0.4) is 0 Å². The number of nitrogen functional groups attached to an aromatic ring is 1. The summed E-state index contributed by atoms with van der Waals surface area (Å²) in [4.78, 5) is 0. The summed E-state index contributed by atoms with van der Waals surface area (Å²) in [5.41, 5.74) is 7.25. The number of halogens is 1. The van der Waals surface area contributed by atoms with Crippen molar-refractivity contribution in [3.05, 3.63) is 58.6 Å². The molecule has 2 aromatic carbocycles. The molecule has 0 heterocycles. The second kappa shape index (κ2) is 5.97. The molecule has 0 saturated heterocycles. The highest BCUT2D eigenvalue weighted by Crippen LogP contribution is 2.29. The van der Waals surface area contributed by atoms with Crippen LogP contribution < -0.4 is 10.5 Å². The first-order valence-electron chi connectivity index (χ1n) is 6.39. The van der Waals surface area contributed by atoms with Gasteiger partial charge in [-0.15, -0.1) is 0 Å². The molecule has 2 aromatic rings. The Hall–Kier alpha value is -2.00. The lowest BCUT2D eigenvalue weighted by Gasteiger charge is -2.12. The first-order chi connectivity index (χ1) is 9.47. The van der Waals surface area contributed by atoms with E-state index >= 15 is 0 Å². The normalized spacial score (nSPS) is 10.6. The number of amidine groups is 1. The Morgan fingerprint density at radius 3 is 2.60 bits per heavy atom. The van der Waals surface area contributed by atoms with Crippen molar-refractivity contribution in [2.75, 3.05) is 0 Å². The Labute approximate surface area is 123 Å². The molecule has 2 rings (SSSR count). The molecular weight excluding hydrogens is 272 g/mol. The Kier molecular flexibility index (Phi) is 4.30. The zero-order valence-corrected chi connectivity index (χ0v) is 12.2. The maximum atomic E-state index is 7.59. The summed E-state index contributed by atoms with van der Waals surface area (Å²) in [6.45, 7) is 4.25. The smallest absolute Gasteiger partial charge is 0.138 e. The van der Waals surface area contributed by atoms with Crippen LogP contribution in [-0.2, 0) is 0 Å². The Bertz CT molecular complexity index is 638. The van der Waals surface area contributed by atoms with Crippen LogP contribution in [0, 0.1) is 5.41 Å². The van der Waals surface area contributed by atoms with Gasteiger partial charge >= 0.3 is 0 Å². The third kappa shape index (κ3) is 3.31. The van der Waals surface area contributed by atoms with E-state index in [2.05, 4.69) is 19.9 Å². The summed E-state index contributed by atoms with van der Waals surface area (Å²) in [7, 11) is 0. The minimum absolute atomic E-state index is 0.0671. The monoisotopic (exact) mass is 288 g/mol. The highest BCUT2D eigenvalue weighted by atomic mass is 35.5. The van der Waals surface area contributed by atoms with E-state index in [1.54, 1.807) is 18.2 Å². The van der Waals surface area contributed by atoms with Crippen molar-refractivity contribution in [3.63, 3.8) is 0 Å². The third-order valence-electron chi connectivity index (χ3n) is 2.98. The van der Waals surface area contributed by atoms with Crippen molar-refractivity contribution < 1.29 is 4.74 Å². The maximum absolute atomic E-state index is 7.59. The largest absolute Gasteiger partial charge is 0.457 e. The summed E-state index contributed by atoms with van der Waals surface area (Å²) < 4.78 is 5.84. The van der Waals surface area contributed by atoms with Crippen LogP contribution >= 0.6 is 11.6 Å². The number of rotatable bonds is 4. The maximum Gasteiger partial charge on any atom is 0.138 e. The van der Waals surface area contributed by atoms with Gasteiger partial charge in [0.05, 0.1) is 5.56 Å². The first-order valence-corrected chi connectivity index (χ1v) is 6.77. The molecule has 0 aliphatic carbocycles. The molecular formula is C16H17ClN2O. The van der Waals surface area contributed by atoms with Gasteiger partial charge in [-0.3, -0.25) is 5.41 Å². The lowest BCUT2D eigenvalue weighted by Crippen LogP contribution is -2.12. The number of nitrogens with two attached hydrogens (primary N) is 1. The fraction of sp³-hybridized carbons (Fsp3) is 0.188. The molecule has 0 aliphatic rings. The number of hydrogen-bond donors (Lipinski definition) is 2. The Morgan fingerprint density at radius 1 is 1.20 bits per heavy atom. The van der Waals surface area contributed by atoms with Gasteiger partial charge in [0.1, 0.15) is 17.3 Å². The molecule has 3 N–H and O–H groups in total. The van der Waals surface area contributed by atoms with Gasteiger partial charge in [-0.25, -0.2) is 0 Å². The fourth-order valence-electron chi connectivity index (χ4n) is 1.87. The molecule has 0 radical (unpaired) electrons. The highest BCUT2D eigenvalue weighted by molar-refractivity contribution is 6.31. The van der Waals surface area contributed by atoms with Crippen LogP contribution in [0.15, 0.2) is 42.5 Å². The van der Waals surface area contributed by atoms with Crippen LogP contribution in [0.4, 0.5) is 0 Å². The van der Waals surface area contributed by atoms with Crippen molar-refractivity contribution >= 4 is 17.4 Å². The van der Waals surface area contributed by atoms with E-state index in [0.717, 1.165) is 5.75 Å². The molecule has 0 saturated carbocycles. The summed E-state index contributed by atoms with van der Waals surface area (Å²) >= 11 is 5.92. The molecule has 4 heteroatoms. The molecule has 0 amide bonds. The zero-order valence-electron chi connectivity index (χ0n) is 11.5. The molecule has 0 unspecified atom stereocenters. The van der Waals surface area contributed by atoms with Crippen molar-refractivity contribution in [2.24, 2.45) is 5.73 Å². The average Bonchev–Trinajstić information content (AvgIpc) is 2.41. The van der Waals surface area contributed by atoms with Gasteiger partial charge in [0.2, 0.25) is 0 Å². The molecule has 104 valence electrons. The standard InChI is InChI=1S/C16H17ClN2O/c1-10(2)11-4-3-5-13(8-11)20-15-7-6-12(17)9-14(15)16(18)19/h3-10H,1-2H3,(H3,18,19). The van der Waals surface area contributed by atoms with Gasteiger partial charge < -0.3 is 10.5 Å². The number of nitrogens with one attached hydrogen (secondary N) is 1. The SMILES string of the molecule is CC(C)c1cccc(Oc2ccc(Cl)cc2C(=N)N)c1. The van der Waals surface area contributed by atoms with Gasteiger partial charge in [-0.1, -0.05) is 37.6 Å². The second-order valence-electron chi connectivity index (χ2n) is 4.88. The summed E-state index contributed by atoms with van der Waals surface area (Å²) in [5.74, 6) is 1.61. The zero-order chi connectivity index (χ0) is 14.7. The molecule has 3 nitrogen and oxygen atoms in total. The minimum Gasteiger partial charge on any atom is -0.457 e. The van der Waals surface area contributed by atoms with Crippen LogP contribution in [0.2, 0.25) is 5.02 Å². The van der Waals surface area contributed by atoms with Gasteiger partial charge in [0.15, 0.2) is 0 Å². The van der Waals surface area contributed by atoms with E-state index in [4.69, 9.17) is 27.5 Å². The number of hydrogen-bond acceptors (Lipinski definition) is 2. The third-order valence-corrected chi connectivity index (χ3v) is 3.22. The molecule has 0 spiro atoms. The van der Waals surface area contributed by atoms with Gasteiger partial charge in [0, 0.05) is 5.02 Å². The Morgan fingerprint density at radius 2 is 1.95 bits per heavy atom. The van der Waals surface area contributed by atoms with Crippen molar-refractivity contribution in [1.82, 2.24) is 0 Å². The topological polar surface area (TPSA) is 59.1 Å². The molecule has 0 aliphatic heterocycles. The van der Waals surface area contributed by atoms with Crippen LogP contribution in [0.25, 0.3) is 0 Å². The first kappa shape index (κ1) is 14.4. The number of ether oxygens (including phenoxy) is 1. The second-order valence-corrected chi connectivity index (χ2v) is 5.32. The molecule has 20 heavy (non-hydrogen) atoms. The quantitative estimate of drug-likeness (QED) is 0.641. The van der Waals surface area contributed by atoms with Gasteiger partial charge in [-0.2, -0.15) is 0 Å². The molecule has 0 fully saturated rings. The van der Waals surface area contributed by atoms with Crippen molar-refractivity contribution in [3.8, 4) is 11.5 Å². The minimum atomic E-state index is -0.0671. The van der Waals surface area contributed by atoms with E-state index in [1.165, 1.54) is 5.56 Å².